The summed E-state index contributed by atoms with van der Waals surface area (Å²) in [6.45, 7) is 6.31. The second-order valence-electron chi connectivity index (χ2n) is 12.2. The molecule has 0 fully saturated rings. The monoisotopic (exact) mass is 526 g/mol. The number of aryl methyl sites for hydroxylation is 4. The standard InChI is InChI=1S/C38H54O/c1-3-31-9-13-35(14-10-31)25-27-37-21-17-33(18-22-37)7-5-29-39-30-6-8-34-19-23-38(24-20-34)28-26-36-15-11-32(4-2)12-16-36/h9-17,19,37-38H,3-8,18,20-30H2,1-2H3. The lowest BCUT2D eigenvalue weighted by molar-refractivity contribution is 0.129. The Balaban J connectivity index is 0.991. The third-order valence-electron chi connectivity index (χ3n) is 9.35. The Bertz CT molecular complexity index is 926. The molecule has 0 spiro atoms. The largest absolute Gasteiger partial charge is 0.381 e. The van der Waals surface area contributed by atoms with Crippen molar-refractivity contribution in [3.8, 4) is 0 Å². The van der Waals surface area contributed by atoms with Crippen LogP contribution in [0, 0.1) is 11.8 Å². The third-order valence-corrected chi connectivity index (χ3v) is 9.35. The molecule has 0 heterocycles. The first-order valence-corrected chi connectivity index (χ1v) is 16.3. The first kappa shape index (κ1) is 29.9. The normalized spacial score (nSPS) is 19.5. The Kier molecular flexibility index (Phi) is 12.9. The van der Waals surface area contributed by atoms with Gasteiger partial charge < -0.3 is 4.74 Å². The van der Waals surface area contributed by atoms with Crippen LogP contribution in [0.1, 0.15) is 113 Å². The van der Waals surface area contributed by atoms with Crippen molar-refractivity contribution >= 4 is 0 Å². The van der Waals surface area contributed by atoms with E-state index >= 15 is 0 Å². The van der Waals surface area contributed by atoms with Gasteiger partial charge in [-0.2, -0.15) is 0 Å². The molecule has 2 aromatic carbocycles. The zero-order chi connectivity index (χ0) is 27.1. The van der Waals surface area contributed by atoms with Gasteiger partial charge in [-0.25, -0.2) is 0 Å². The van der Waals surface area contributed by atoms with Gasteiger partial charge in [-0.3, -0.25) is 0 Å². The van der Waals surface area contributed by atoms with Gasteiger partial charge in [0.25, 0.3) is 0 Å². The highest BCUT2D eigenvalue weighted by atomic mass is 16.5. The fraction of sp³-hybridized carbons (Fsp3) is 0.579. The molecule has 2 aliphatic rings. The number of hydrogen-bond donors (Lipinski definition) is 0. The molecule has 0 saturated carbocycles. The van der Waals surface area contributed by atoms with E-state index in [1.165, 1.54) is 112 Å². The number of benzene rings is 2. The highest BCUT2D eigenvalue weighted by molar-refractivity contribution is 5.23. The second kappa shape index (κ2) is 16.9. The van der Waals surface area contributed by atoms with Crippen molar-refractivity contribution in [3.05, 3.63) is 94.1 Å². The van der Waals surface area contributed by atoms with Crippen molar-refractivity contribution in [2.75, 3.05) is 13.2 Å². The van der Waals surface area contributed by atoms with Crippen LogP contribution in [0.5, 0.6) is 0 Å². The molecule has 2 aliphatic carbocycles. The topological polar surface area (TPSA) is 9.23 Å². The Morgan fingerprint density at radius 3 is 1.33 bits per heavy atom. The molecule has 2 atom stereocenters. The summed E-state index contributed by atoms with van der Waals surface area (Å²) < 4.78 is 6.01. The maximum absolute atomic E-state index is 6.01. The van der Waals surface area contributed by atoms with Crippen LogP contribution in [0.15, 0.2) is 71.8 Å². The van der Waals surface area contributed by atoms with E-state index in [0.717, 1.165) is 37.9 Å². The molecule has 39 heavy (non-hydrogen) atoms. The molecular weight excluding hydrogens is 472 g/mol. The highest BCUT2D eigenvalue weighted by Crippen LogP contribution is 2.30. The zero-order valence-corrected chi connectivity index (χ0v) is 25.1. The summed E-state index contributed by atoms with van der Waals surface area (Å²) in [6.07, 6.45) is 25.3. The Hall–Kier alpha value is -2.12. The lowest BCUT2D eigenvalue weighted by Crippen LogP contribution is -2.08. The molecule has 2 unspecified atom stereocenters. The predicted octanol–water partition coefficient (Wildman–Crippen LogP) is 10.4. The van der Waals surface area contributed by atoms with Crippen molar-refractivity contribution in [1.82, 2.24) is 0 Å². The first-order valence-electron chi connectivity index (χ1n) is 16.3. The summed E-state index contributed by atoms with van der Waals surface area (Å²) in [7, 11) is 0. The van der Waals surface area contributed by atoms with Crippen LogP contribution in [0.4, 0.5) is 0 Å². The van der Waals surface area contributed by atoms with E-state index in [1.807, 2.05) is 0 Å². The van der Waals surface area contributed by atoms with E-state index in [0.29, 0.717) is 0 Å². The van der Waals surface area contributed by atoms with E-state index in [2.05, 4.69) is 74.5 Å². The predicted molar refractivity (Wildman–Crippen MR) is 168 cm³/mol. The summed E-state index contributed by atoms with van der Waals surface area (Å²) in [5.74, 6) is 1.75. The van der Waals surface area contributed by atoms with E-state index in [4.69, 9.17) is 4.74 Å². The van der Waals surface area contributed by atoms with E-state index in [9.17, 15) is 0 Å². The van der Waals surface area contributed by atoms with Crippen LogP contribution in [0.3, 0.4) is 0 Å². The van der Waals surface area contributed by atoms with Crippen molar-refractivity contribution in [2.24, 2.45) is 11.8 Å². The number of ether oxygens (including phenoxy) is 1. The molecule has 212 valence electrons. The van der Waals surface area contributed by atoms with Crippen LogP contribution in [-0.2, 0) is 30.4 Å². The molecule has 0 N–H and O–H groups in total. The quantitative estimate of drug-likeness (QED) is 0.156. The molecule has 0 aromatic heterocycles. The van der Waals surface area contributed by atoms with Gasteiger partial charge in [-0.15, -0.1) is 0 Å². The fourth-order valence-corrected chi connectivity index (χ4v) is 6.39. The zero-order valence-electron chi connectivity index (χ0n) is 25.1. The highest BCUT2D eigenvalue weighted by Gasteiger charge is 2.15. The van der Waals surface area contributed by atoms with Gasteiger partial charge in [0.15, 0.2) is 0 Å². The Morgan fingerprint density at radius 2 is 0.974 bits per heavy atom. The van der Waals surface area contributed by atoms with Crippen LogP contribution in [0.25, 0.3) is 0 Å². The van der Waals surface area contributed by atoms with Crippen LogP contribution >= 0.6 is 0 Å². The minimum Gasteiger partial charge on any atom is -0.381 e. The number of allylic oxidation sites excluding steroid dienone is 4. The van der Waals surface area contributed by atoms with Crippen molar-refractivity contribution in [1.29, 1.82) is 0 Å². The van der Waals surface area contributed by atoms with Crippen LogP contribution in [0.2, 0.25) is 0 Å². The van der Waals surface area contributed by atoms with Crippen molar-refractivity contribution in [3.63, 3.8) is 0 Å². The minimum absolute atomic E-state index is 0.873. The molecule has 0 radical (unpaired) electrons. The molecule has 2 aromatic rings. The molecular formula is C38H54O. The molecule has 0 aliphatic heterocycles. The summed E-state index contributed by atoms with van der Waals surface area (Å²) in [5.41, 5.74) is 9.27. The van der Waals surface area contributed by atoms with Crippen LogP contribution < -0.4 is 0 Å². The van der Waals surface area contributed by atoms with Gasteiger partial charge >= 0.3 is 0 Å². The SMILES string of the molecule is CCc1ccc(CCC2CC=C(CCCOCCCC3=CCC(CCc4ccc(CC)cc4)CC3)CC2)cc1. The average Bonchev–Trinajstić information content (AvgIpc) is 3.00. The van der Waals surface area contributed by atoms with Gasteiger partial charge in [-0.1, -0.05) is 85.7 Å². The molecule has 0 amide bonds. The Morgan fingerprint density at radius 1 is 0.564 bits per heavy atom. The van der Waals surface area contributed by atoms with Crippen molar-refractivity contribution < 1.29 is 4.74 Å². The molecule has 0 saturated heterocycles. The average molecular weight is 527 g/mol. The van der Waals surface area contributed by atoms with E-state index in [1.54, 1.807) is 11.1 Å². The Labute approximate surface area is 240 Å². The summed E-state index contributed by atoms with van der Waals surface area (Å²) in [6, 6.07) is 18.5. The lowest BCUT2D eigenvalue weighted by atomic mass is 9.84. The fourth-order valence-electron chi connectivity index (χ4n) is 6.39. The van der Waals surface area contributed by atoms with E-state index in [-0.39, 0.29) is 0 Å². The van der Waals surface area contributed by atoms with Gasteiger partial charge in [-0.05, 0) is 137 Å². The minimum atomic E-state index is 0.873. The summed E-state index contributed by atoms with van der Waals surface area (Å²) in [4.78, 5) is 0. The summed E-state index contributed by atoms with van der Waals surface area (Å²) in [5, 5.41) is 0. The van der Waals surface area contributed by atoms with Gasteiger partial charge in [0.1, 0.15) is 0 Å². The summed E-state index contributed by atoms with van der Waals surface area (Å²) >= 11 is 0. The third kappa shape index (κ3) is 10.8. The maximum atomic E-state index is 6.01. The van der Waals surface area contributed by atoms with Gasteiger partial charge in [0.05, 0.1) is 0 Å². The smallest absolute Gasteiger partial charge is 0.0469 e. The second-order valence-corrected chi connectivity index (χ2v) is 12.2. The molecule has 0 bridgehead atoms. The van der Waals surface area contributed by atoms with Gasteiger partial charge in [0.2, 0.25) is 0 Å². The lowest BCUT2D eigenvalue weighted by Gasteiger charge is -2.22. The maximum Gasteiger partial charge on any atom is 0.0469 e. The number of hydrogen-bond acceptors (Lipinski definition) is 1. The molecule has 1 nitrogen and oxygen atoms in total. The number of rotatable bonds is 16. The first-order chi connectivity index (χ1) is 19.2. The molecule has 1 heteroatoms. The molecule has 4 rings (SSSR count). The van der Waals surface area contributed by atoms with Crippen LogP contribution in [-0.4, -0.2) is 13.2 Å². The van der Waals surface area contributed by atoms with Gasteiger partial charge in [0, 0.05) is 13.2 Å². The van der Waals surface area contributed by atoms with Crippen molar-refractivity contribution in [2.45, 2.75) is 117 Å². The van der Waals surface area contributed by atoms with E-state index < -0.39 is 0 Å².